The molecule has 0 fully saturated rings. The molecule has 122 valence electrons. The van der Waals surface area contributed by atoms with Crippen LogP contribution in [0, 0.1) is 0 Å². The Hall–Kier alpha value is -2.44. The Morgan fingerprint density at radius 1 is 0.917 bits per heavy atom. The number of thiophene rings is 2. The fraction of sp³-hybridized carbons (Fsp3) is 0.111. The zero-order chi connectivity index (χ0) is 16.8. The number of carbonyl (C=O) groups excluding carboxylic acids is 2. The Morgan fingerprint density at radius 2 is 1.71 bits per heavy atom. The van der Waals surface area contributed by atoms with Crippen LogP contribution in [0.1, 0.15) is 25.7 Å². The van der Waals surface area contributed by atoms with Crippen molar-refractivity contribution in [3.8, 4) is 0 Å². The van der Waals surface area contributed by atoms with Gasteiger partial charge in [0.05, 0.1) is 11.4 Å². The molecule has 2 heterocycles. The lowest BCUT2D eigenvalue weighted by molar-refractivity contribution is 0.104. The molecule has 4 nitrogen and oxygen atoms in total. The first-order valence-electron chi connectivity index (χ1n) is 7.43. The Labute approximate surface area is 148 Å². The fourth-order valence-corrected chi connectivity index (χ4v) is 3.68. The minimum atomic E-state index is -0.224. The second kappa shape index (κ2) is 7.90. The monoisotopic (exact) mass is 356 g/mol. The summed E-state index contributed by atoms with van der Waals surface area (Å²) < 4.78 is 0. The molecular weight excluding hydrogens is 340 g/mol. The maximum absolute atomic E-state index is 12.2. The first-order valence-corrected chi connectivity index (χ1v) is 9.19. The second-order valence-electron chi connectivity index (χ2n) is 5.13. The average molecular weight is 356 g/mol. The number of benzene rings is 1. The van der Waals surface area contributed by atoms with Crippen LogP contribution in [0.5, 0.6) is 0 Å². The molecule has 0 radical (unpaired) electrons. The van der Waals surface area contributed by atoms with Crippen molar-refractivity contribution in [1.29, 1.82) is 0 Å². The predicted octanol–water partition coefficient (Wildman–Crippen LogP) is 4.04. The third-order valence-electron chi connectivity index (χ3n) is 3.39. The number of carbonyl (C=O) groups is 2. The van der Waals surface area contributed by atoms with E-state index in [4.69, 9.17) is 0 Å². The molecule has 0 aliphatic carbocycles. The van der Waals surface area contributed by atoms with Crippen LogP contribution < -0.4 is 10.6 Å². The van der Waals surface area contributed by atoms with Crippen molar-refractivity contribution in [3.63, 3.8) is 0 Å². The summed E-state index contributed by atoms with van der Waals surface area (Å²) in [5, 5.41) is 9.35. The maximum Gasteiger partial charge on any atom is 0.315 e. The van der Waals surface area contributed by atoms with Gasteiger partial charge >= 0.3 is 6.03 Å². The lowest BCUT2D eigenvalue weighted by Crippen LogP contribution is -2.34. The standard InChI is InChI=1S/C18H16N2O2S2/c21-17(14-8-9-23-12-14)16-7-6-15(24-16)11-20-18(22)19-10-13-4-2-1-3-5-13/h1-9,12H,10-11H2,(H2,19,20,22). The van der Waals surface area contributed by atoms with Crippen molar-refractivity contribution in [2.75, 3.05) is 0 Å². The van der Waals surface area contributed by atoms with E-state index in [1.54, 1.807) is 0 Å². The van der Waals surface area contributed by atoms with E-state index in [0.717, 1.165) is 10.4 Å². The number of hydrogen-bond acceptors (Lipinski definition) is 4. The normalized spacial score (nSPS) is 10.3. The minimum Gasteiger partial charge on any atom is -0.334 e. The molecule has 0 saturated carbocycles. The van der Waals surface area contributed by atoms with Gasteiger partial charge in [-0.05, 0) is 29.1 Å². The van der Waals surface area contributed by atoms with E-state index in [9.17, 15) is 9.59 Å². The van der Waals surface area contributed by atoms with Gasteiger partial charge < -0.3 is 10.6 Å². The summed E-state index contributed by atoms with van der Waals surface area (Å²) >= 11 is 2.91. The van der Waals surface area contributed by atoms with Gasteiger partial charge in [-0.2, -0.15) is 11.3 Å². The summed E-state index contributed by atoms with van der Waals surface area (Å²) in [5.74, 6) is 0.0287. The van der Waals surface area contributed by atoms with Crippen molar-refractivity contribution in [2.45, 2.75) is 13.1 Å². The molecule has 0 aliphatic heterocycles. The predicted molar refractivity (Wildman–Crippen MR) is 97.6 cm³/mol. The summed E-state index contributed by atoms with van der Waals surface area (Å²) in [7, 11) is 0. The topological polar surface area (TPSA) is 58.2 Å². The van der Waals surface area contributed by atoms with E-state index >= 15 is 0 Å². The number of amides is 2. The first kappa shape index (κ1) is 16.4. The molecule has 24 heavy (non-hydrogen) atoms. The molecule has 2 aromatic heterocycles. The molecule has 3 aromatic rings. The highest BCUT2D eigenvalue weighted by molar-refractivity contribution is 7.14. The van der Waals surface area contributed by atoms with Crippen molar-refractivity contribution in [3.05, 3.63) is 80.2 Å². The SMILES string of the molecule is O=C(NCc1ccccc1)NCc1ccc(C(=O)c2ccsc2)s1. The molecular formula is C18H16N2O2S2. The first-order chi connectivity index (χ1) is 11.7. The Morgan fingerprint density at radius 3 is 2.46 bits per heavy atom. The van der Waals surface area contributed by atoms with Crippen LogP contribution in [-0.2, 0) is 13.1 Å². The number of urea groups is 1. The molecule has 6 heteroatoms. The van der Waals surface area contributed by atoms with Gasteiger partial charge in [0.15, 0.2) is 0 Å². The fourth-order valence-electron chi connectivity index (χ4n) is 2.14. The van der Waals surface area contributed by atoms with Gasteiger partial charge in [0.25, 0.3) is 0 Å². The summed E-state index contributed by atoms with van der Waals surface area (Å²) in [4.78, 5) is 25.7. The van der Waals surface area contributed by atoms with Crippen LogP contribution in [0.25, 0.3) is 0 Å². The molecule has 0 atom stereocenters. The van der Waals surface area contributed by atoms with E-state index < -0.39 is 0 Å². The highest BCUT2D eigenvalue weighted by Gasteiger charge is 2.12. The Balaban J connectivity index is 1.48. The minimum absolute atomic E-state index is 0.0287. The van der Waals surface area contributed by atoms with Crippen molar-refractivity contribution in [1.82, 2.24) is 10.6 Å². The average Bonchev–Trinajstić information content (AvgIpc) is 3.30. The summed E-state index contributed by atoms with van der Waals surface area (Å²) in [5.41, 5.74) is 1.76. The van der Waals surface area contributed by atoms with Crippen molar-refractivity contribution < 1.29 is 9.59 Å². The summed E-state index contributed by atoms with van der Waals surface area (Å²) in [6.45, 7) is 0.890. The zero-order valence-corrected chi connectivity index (χ0v) is 14.5. The summed E-state index contributed by atoms with van der Waals surface area (Å²) in [6.07, 6.45) is 0. The van der Waals surface area contributed by atoms with E-state index in [0.29, 0.717) is 23.5 Å². The van der Waals surface area contributed by atoms with Crippen LogP contribution >= 0.6 is 22.7 Å². The molecule has 0 bridgehead atoms. The van der Waals surface area contributed by atoms with Crippen molar-refractivity contribution in [2.24, 2.45) is 0 Å². The number of nitrogens with one attached hydrogen (secondary N) is 2. The molecule has 3 rings (SSSR count). The van der Waals surface area contributed by atoms with Gasteiger partial charge in [0.1, 0.15) is 0 Å². The molecule has 0 unspecified atom stereocenters. The van der Waals surface area contributed by atoms with Crippen LogP contribution in [0.3, 0.4) is 0 Å². The molecule has 0 aliphatic rings. The van der Waals surface area contributed by atoms with Crippen LogP contribution in [0.4, 0.5) is 4.79 Å². The third kappa shape index (κ3) is 4.31. The highest BCUT2D eigenvalue weighted by atomic mass is 32.1. The maximum atomic E-state index is 12.2. The van der Waals surface area contributed by atoms with Crippen LogP contribution in [0.2, 0.25) is 0 Å². The Kier molecular flexibility index (Phi) is 5.40. The molecule has 1 aromatic carbocycles. The Bertz CT molecular complexity index is 811. The number of rotatable bonds is 6. The molecule has 0 spiro atoms. The van der Waals surface area contributed by atoms with Crippen LogP contribution in [0.15, 0.2) is 59.3 Å². The highest BCUT2D eigenvalue weighted by Crippen LogP contribution is 2.21. The van der Waals surface area contributed by atoms with E-state index in [1.165, 1.54) is 22.7 Å². The second-order valence-corrected chi connectivity index (χ2v) is 7.08. The smallest absolute Gasteiger partial charge is 0.315 e. The van der Waals surface area contributed by atoms with Gasteiger partial charge in [0.2, 0.25) is 5.78 Å². The molecule has 2 amide bonds. The quantitative estimate of drug-likeness (QED) is 0.655. The summed E-state index contributed by atoms with van der Waals surface area (Å²) in [6, 6.07) is 15.0. The lowest BCUT2D eigenvalue weighted by atomic mass is 10.2. The van der Waals surface area contributed by atoms with Crippen molar-refractivity contribution >= 4 is 34.5 Å². The third-order valence-corrected chi connectivity index (χ3v) is 5.16. The largest absolute Gasteiger partial charge is 0.334 e. The number of hydrogen-bond donors (Lipinski definition) is 2. The zero-order valence-electron chi connectivity index (χ0n) is 12.8. The van der Waals surface area contributed by atoms with E-state index in [-0.39, 0.29) is 11.8 Å². The van der Waals surface area contributed by atoms with E-state index in [1.807, 2.05) is 59.3 Å². The van der Waals surface area contributed by atoms with Gasteiger partial charge in [-0.3, -0.25) is 4.79 Å². The lowest BCUT2D eigenvalue weighted by Gasteiger charge is -2.06. The molecule has 2 N–H and O–H groups in total. The van der Waals surface area contributed by atoms with Gasteiger partial charge in [0, 0.05) is 22.4 Å². The molecule has 0 saturated heterocycles. The van der Waals surface area contributed by atoms with Gasteiger partial charge in [-0.25, -0.2) is 4.79 Å². The van der Waals surface area contributed by atoms with Gasteiger partial charge in [-0.1, -0.05) is 30.3 Å². The van der Waals surface area contributed by atoms with Gasteiger partial charge in [-0.15, -0.1) is 11.3 Å². The van der Waals surface area contributed by atoms with Crippen LogP contribution in [-0.4, -0.2) is 11.8 Å². The van der Waals surface area contributed by atoms with E-state index in [2.05, 4.69) is 10.6 Å². The number of ketones is 1.